The number of anilines is 1. The Bertz CT molecular complexity index is 638. The van der Waals surface area contributed by atoms with Crippen molar-refractivity contribution in [3.8, 4) is 0 Å². The van der Waals surface area contributed by atoms with E-state index in [9.17, 15) is 9.59 Å². The Morgan fingerprint density at radius 1 is 1.29 bits per heavy atom. The zero-order valence-corrected chi connectivity index (χ0v) is 12.4. The van der Waals surface area contributed by atoms with Crippen LogP contribution in [0.25, 0.3) is 0 Å². The first-order valence-electron chi connectivity index (χ1n) is 6.47. The maximum absolute atomic E-state index is 11.8. The minimum Gasteiger partial charge on any atom is -0.478 e. The largest absolute Gasteiger partial charge is 0.478 e. The Balaban J connectivity index is 1.92. The Morgan fingerprint density at radius 2 is 2.10 bits per heavy atom. The predicted molar refractivity (Wildman–Crippen MR) is 83.2 cm³/mol. The Kier molecular flexibility index (Phi) is 4.94. The van der Waals surface area contributed by atoms with Gasteiger partial charge in [0.05, 0.1) is 11.3 Å². The number of hydrogen-bond donors (Lipinski definition) is 3. The third-order valence-corrected chi connectivity index (χ3v) is 3.83. The molecule has 0 bridgehead atoms. The summed E-state index contributed by atoms with van der Waals surface area (Å²) in [5.41, 5.74) is 1.21. The number of aryl methyl sites for hydroxylation is 1. The molecule has 0 fully saturated rings. The van der Waals surface area contributed by atoms with E-state index >= 15 is 0 Å². The van der Waals surface area contributed by atoms with Crippen LogP contribution < -0.4 is 10.6 Å². The highest BCUT2D eigenvalue weighted by Gasteiger charge is 2.12. The summed E-state index contributed by atoms with van der Waals surface area (Å²) in [5, 5.41) is 16.4. The quantitative estimate of drug-likeness (QED) is 0.794. The lowest BCUT2D eigenvalue weighted by molar-refractivity contribution is 0.0698. The highest BCUT2D eigenvalue weighted by Crippen LogP contribution is 2.17. The van der Waals surface area contributed by atoms with Crippen molar-refractivity contribution in [1.29, 1.82) is 0 Å². The summed E-state index contributed by atoms with van der Waals surface area (Å²) in [6.45, 7) is 2.30. The van der Waals surface area contributed by atoms with E-state index in [1.807, 2.05) is 17.5 Å². The number of carboxylic acids is 1. The Morgan fingerprint density at radius 3 is 2.76 bits per heavy atom. The van der Waals surface area contributed by atoms with Gasteiger partial charge in [0, 0.05) is 11.4 Å². The molecule has 1 heterocycles. The first-order chi connectivity index (χ1) is 10.1. The van der Waals surface area contributed by atoms with Crippen LogP contribution in [0, 0.1) is 6.92 Å². The van der Waals surface area contributed by atoms with Crippen molar-refractivity contribution in [3.05, 3.63) is 51.7 Å². The average Bonchev–Trinajstić information content (AvgIpc) is 2.94. The van der Waals surface area contributed by atoms with Crippen LogP contribution in [0.4, 0.5) is 10.5 Å². The number of amides is 2. The van der Waals surface area contributed by atoms with Gasteiger partial charge in [0.15, 0.2) is 0 Å². The molecule has 0 atom stereocenters. The van der Waals surface area contributed by atoms with Crippen LogP contribution in [0.3, 0.4) is 0 Å². The number of rotatable bonds is 5. The van der Waals surface area contributed by atoms with E-state index in [4.69, 9.17) is 5.11 Å². The van der Waals surface area contributed by atoms with Crippen LogP contribution in [0.15, 0.2) is 35.7 Å². The van der Waals surface area contributed by atoms with Crippen molar-refractivity contribution in [3.63, 3.8) is 0 Å². The maximum Gasteiger partial charge on any atom is 0.337 e. The summed E-state index contributed by atoms with van der Waals surface area (Å²) in [4.78, 5) is 24.1. The summed E-state index contributed by atoms with van der Waals surface area (Å²) in [6, 6.07) is 8.45. The molecule has 110 valence electrons. The number of benzene rings is 1. The number of nitrogens with one attached hydrogen (secondary N) is 2. The fourth-order valence-electron chi connectivity index (χ4n) is 1.86. The van der Waals surface area contributed by atoms with Gasteiger partial charge in [-0.2, -0.15) is 0 Å². The maximum atomic E-state index is 11.8. The molecule has 0 spiro atoms. The van der Waals surface area contributed by atoms with E-state index in [2.05, 4.69) is 10.6 Å². The molecule has 0 saturated heterocycles. The van der Waals surface area contributed by atoms with Gasteiger partial charge in [-0.3, -0.25) is 0 Å². The van der Waals surface area contributed by atoms with Crippen LogP contribution in [0.5, 0.6) is 0 Å². The monoisotopic (exact) mass is 304 g/mol. The van der Waals surface area contributed by atoms with Gasteiger partial charge in [-0.05, 0) is 36.9 Å². The number of carbonyl (C=O) groups excluding carboxylic acids is 1. The Labute approximate surface area is 126 Å². The lowest BCUT2D eigenvalue weighted by Gasteiger charge is -2.10. The van der Waals surface area contributed by atoms with Crippen molar-refractivity contribution >= 4 is 29.0 Å². The molecule has 6 heteroatoms. The number of carboxylic acid groups (broad SMARTS) is 1. The molecule has 0 aliphatic heterocycles. The van der Waals surface area contributed by atoms with Crippen LogP contribution in [-0.2, 0) is 6.42 Å². The number of hydrogen-bond acceptors (Lipinski definition) is 3. The minimum absolute atomic E-state index is 0.0865. The molecule has 0 radical (unpaired) electrons. The minimum atomic E-state index is -1.06. The molecule has 2 amide bonds. The van der Waals surface area contributed by atoms with Crippen molar-refractivity contribution in [2.75, 3.05) is 11.9 Å². The summed E-state index contributed by atoms with van der Waals surface area (Å²) < 4.78 is 0. The number of thiophene rings is 1. The second kappa shape index (κ2) is 6.90. The summed E-state index contributed by atoms with van der Waals surface area (Å²) in [5.74, 6) is -1.06. The molecular formula is C15H16N2O3S. The average molecular weight is 304 g/mol. The zero-order chi connectivity index (χ0) is 15.2. The number of carbonyl (C=O) groups is 2. The molecular weight excluding hydrogens is 288 g/mol. The third kappa shape index (κ3) is 4.32. The second-order valence-corrected chi connectivity index (χ2v) is 5.60. The third-order valence-electron chi connectivity index (χ3n) is 2.89. The summed E-state index contributed by atoms with van der Waals surface area (Å²) in [6.07, 6.45) is 0.755. The van der Waals surface area contributed by atoms with E-state index in [1.54, 1.807) is 30.4 Å². The molecule has 1 aromatic carbocycles. The van der Waals surface area contributed by atoms with Crippen molar-refractivity contribution in [1.82, 2.24) is 5.32 Å². The highest BCUT2D eigenvalue weighted by molar-refractivity contribution is 7.09. The molecule has 2 aromatic rings. The van der Waals surface area contributed by atoms with Crippen molar-refractivity contribution in [2.45, 2.75) is 13.3 Å². The van der Waals surface area contributed by atoms with Gasteiger partial charge in [-0.25, -0.2) is 9.59 Å². The molecule has 0 saturated carbocycles. The van der Waals surface area contributed by atoms with Gasteiger partial charge >= 0.3 is 12.0 Å². The van der Waals surface area contributed by atoms with Gasteiger partial charge < -0.3 is 15.7 Å². The lowest BCUT2D eigenvalue weighted by Crippen LogP contribution is -2.31. The first-order valence-corrected chi connectivity index (χ1v) is 7.35. The SMILES string of the molecule is Cc1ccc(NC(=O)NCCc2cccs2)c(C(=O)O)c1. The molecule has 0 unspecified atom stereocenters. The highest BCUT2D eigenvalue weighted by atomic mass is 32.1. The zero-order valence-electron chi connectivity index (χ0n) is 11.6. The number of aromatic carboxylic acids is 1. The van der Waals surface area contributed by atoms with Crippen LogP contribution in [0.2, 0.25) is 0 Å². The number of urea groups is 1. The Hall–Kier alpha value is -2.34. The van der Waals surface area contributed by atoms with Crippen LogP contribution in [0.1, 0.15) is 20.8 Å². The predicted octanol–water partition coefficient (Wildman–Crippen LogP) is 3.12. The molecule has 1 aromatic heterocycles. The fraction of sp³-hybridized carbons (Fsp3) is 0.200. The van der Waals surface area contributed by atoms with Crippen LogP contribution in [-0.4, -0.2) is 23.7 Å². The van der Waals surface area contributed by atoms with E-state index < -0.39 is 12.0 Å². The normalized spacial score (nSPS) is 10.1. The van der Waals surface area contributed by atoms with E-state index in [1.165, 1.54) is 10.9 Å². The van der Waals surface area contributed by atoms with Crippen molar-refractivity contribution in [2.24, 2.45) is 0 Å². The topological polar surface area (TPSA) is 78.4 Å². The summed E-state index contributed by atoms with van der Waals surface area (Å²) in [7, 11) is 0. The van der Waals surface area contributed by atoms with Gasteiger partial charge in [0.1, 0.15) is 0 Å². The van der Waals surface area contributed by atoms with E-state index in [0.29, 0.717) is 12.2 Å². The fourth-order valence-corrected chi connectivity index (χ4v) is 2.57. The van der Waals surface area contributed by atoms with Gasteiger partial charge in [0.25, 0.3) is 0 Å². The van der Waals surface area contributed by atoms with E-state index in [0.717, 1.165) is 12.0 Å². The van der Waals surface area contributed by atoms with Gasteiger partial charge in [-0.15, -0.1) is 11.3 Å². The molecule has 21 heavy (non-hydrogen) atoms. The first kappa shape index (κ1) is 15.1. The van der Waals surface area contributed by atoms with Gasteiger partial charge in [-0.1, -0.05) is 17.7 Å². The molecule has 3 N–H and O–H groups in total. The van der Waals surface area contributed by atoms with E-state index in [-0.39, 0.29) is 5.56 Å². The van der Waals surface area contributed by atoms with Gasteiger partial charge in [0.2, 0.25) is 0 Å². The molecule has 5 nitrogen and oxygen atoms in total. The molecule has 0 aliphatic carbocycles. The second-order valence-electron chi connectivity index (χ2n) is 4.56. The standard InChI is InChI=1S/C15H16N2O3S/c1-10-4-5-13(12(9-10)14(18)19)17-15(20)16-7-6-11-3-2-8-21-11/h2-5,8-9H,6-7H2,1H3,(H,18,19)(H2,16,17,20). The lowest BCUT2D eigenvalue weighted by atomic mass is 10.1. The smallest absolute Gasteiger partial charge is 0.337 e. The van der Waals surface area contributed by atoms with Crippen molar-refractivity contribution < 1.29 is 14.7 Å². The molecule has 2 rings (SSSR count). The van der Waals surface area contributed by atoms with Crippen LogP contribution >= 0.6 is 11.3 Å². The summed E-state index contributed by atoms with van der Waals surface area (Å²) >= 11 is 1.64. The molecule has 0 aliphatic rings.